The number of benzene rings is 2. The van der Waals surface area contributed by atoms with Crippen molar-refractivity contribution in [3.63, 3.8) is 0 Å². The van der Waals surface area contributed by atoms with Crippen LogP contribution in [0.3, 0.4) is 0 Å². The highest BCUT2D eigenvalue weighted by Crippen LogP contribution is 2.33. The zero-order valence-electron chi connectivity index (χ0n) is 11.9. The van der Waals surface area contributed by atoms with Gasteiger partial charge in [-0.3, -0.25) is 0 Å². The molecule has 0 heterocycles. The van der Waals surface area contributed by atoms with Crippen LogP contribution in [0.25, 0.3) is 0 Å². The Balaban J connectivity index is 2.32. The van der Waals surface area contributed by atoms with Crippen LogP contribution in [-0.2, 0) is 6.42 Å². The van der Waals surface area contributed by atoms with E-state index in [4.69, 9.17) is 34.8 Å². The molecule has 0 radical (unpaired) electrons. The van der Waals surface area contributed by atoms with E-state index in [2.05, 4.69) is 12.2 Å². The standard InChI is InChI=1S/C17H18Cl3N/c1-2-10-21-16(11-12-6-3-4-7-13(12)18)17-14(19)8-5-9-15(17)20/h3-9,16,21H,2,10-11H2,1H3. The van der Waals surface area contributed by atoms with E-state index in [-0.39, 0.29) is 6.04 Å². The molecule has 0 aromatic heterocycles. The zero-order valence-corrected chi connectivity index (χ0v) is 14.1. The molecule has 0 saturated heterocycles. The number of halogens is 3. The average molecular weight is 343 g/mol. The molecule has 0 aliphatic heterocycles. The maximum Gasteiger partial charge on any atom is 0.0468 e. The second-order valence-electron chi connectivity index (χ2n) is 4.94. The van der Waals surface area contributed by atoms with Crippen molar-refractivity contribution in [2.75, 3.05) is 6.54 Å². The molecule has 2 rings (SSSR count). The Bertz CT molecular complexity index is 578. The van der Waals surface area contributed by atoms with Gasteiger partial charge in [-0.1, -0.05) is 66.0 Å². The molecule has 0 spiro atoms. The SMILES string of the molecule is CCCNC(Cc1ccccc1Cl)c1c(Cl)cccc1Cl. The molecule has 0 aliphatic carbocycles. The lowest BCUT2D eigenvalue weighted by molar-refractivity contribution is 0.529. The minimum absolute atomic E-state index is 0.0473. The summed E-state index contributed by atoms with van der Waals surface area (Å²) in [7, 11) is 0. The molecule has 2 aromatic rings. The van der Waals surface area contributed by atoms with Gasteiger partial charge in [0.15, 0.2) is 0 Å². The molecule has 0 bridgehead atoms. The summed E-state index contributed by atoms with van der Waals surface area (Å²) < 4.78 is 0. The summed E-state index contributed by atoms with van der Waals surface area (Å²) >= 11 is 19.0. The molecule has 1 N–H and O–H groups in total. The van der Waals surface area contributed by atoms with Crippen LogP contribution in [0, 0.1) is 0 Å². The molecular formula is C17H18Cl3N. The van der Waals surface area contributed by atoms with E-state index < -0.39 is 0 Å². The van der Waals surface area contributed by atoms with Gasteiger partial charge in [0, 0.05) is 26.7 Å². The predicted octanol–water partition coefficient (Wildman–Crippen LogP) is 5.93. The fourth-order valence-corrected chi connectivity index (χ4v) is 3.20. The quantitative estimate of drug-likeness (QED) is 0.686. The lowest BCUT2D eigenvalue weighted by atomic mass is 9.98. The lowest BCUT2D eigenvalue weighted by Crippen LogP contribution is -2.24. The van der Waals surface area contributed by atoms with Crippen LogP contribution >= 0.6 is 34.8 Å². The molecule has 4 heteroatoms. The minimum atomic E-state index is 0.0473. The van der Waals surface area contributed by atoms with Gasteiger partial charge < -0.3 is 5.32 Å². The van der Waals surface area contributed by atoms with E-state index in [1.165, 1.54) is 0 Å². The van der Waals surface area contributed by atoms with Gasteiger partial charge in [0.2, 0.25) is 0 Å². The first kappa shape index (κ1) is 16.6. The fraction of sp³-hybridized carbons (Fsp3) is 0.294. The molecule has 112 valence electrons. The molecule has 0 fully saturated rings. The fourth-order valence-electron chi connectivity index (χ4n) is 2.32. The van der Waals surface area contributed by atoms with E-state index in [1.54, 1.807) is 0 Å². The van der Waals surface area contributed by atoms with E-state index in [0.717, 1.165) is 35.5 Å². The van der Waals surface area contributed by atoms with Gasteiger partial charge in [-0.25, -0.2) is 0 Å². The Hall–Kier alpha value is -0.730. The van der Waals surface area contributed by atoms with Crippen LogP contribution in [0.2, 0.25) is 15.1 Å². The Kier molecular flexibility index (Phi) is 6.38. The number of hydrogen-bond acceptors (Lipinski definition) is 1. The van der Waals surface area contributed by atoms with E-state index in [0.29, 0.717) is 10.0 Å². The average Bonchev–Trinajstić information content (AvgIpc) is 2.46. The highest BCUT2D eigenvalue weighted by atomic mass is 35.5. The predicted molar refractivity (Wildman–Crippen MR) is 92.7 cm³/mol. The molecule has 0 amide bonds. The first-order chi connectivity index (χ1) is 10.1. The number of rotatable bonds is 6. The first-order valence-corrected chi connectivity index (χ1v) is 8.17. The number of hydrogen-bond donors (Lipinski definition) is 1. The molecular weight excluding hydrogens is 325 g/mol. The van der Waals surface area contributed by atoms with E-state index >= 15 is 0 Å². The lowest BCUT2D eigenvalue weighted by Gasteiger charge is -2.22. The molecule has 2 aromatic carbocycles. The van der Waals surface area contributed by atoms with Crippen LogP contribution < -0.4 is 5.32 Å². The molecule has 21 heavy (non-hydrogen) atoms. The third-order valence-electron chi connectivity index (χ3n) is 3.37. The van der Waals surface area contributed by atoms with Crippen molar-refractivity contribution >= 4 is 34.8 Å². The molecule has 1 unspecified atom stereocenters. The largest absolute Gasteiger partial charge is 0.310 e. The van der Waals surface area contributed by atoms with Gasteiger partial charge in [-0.05, 0) is 43.1 Å². The van der Waals surface area contributed by atoms with Crippen LogP contribution in [0.5, 0.6) is 0 Å². The van der Waals surface area contributed by atoms with Gasteiger partial charge in [0.1, 0.15) is 0 Å². The second-order valence-corrected chi connectivity index (χ2v) is 6.16. The summed E-state index contributed by atoms with van der Waals surface area (Å²) in [5.41, 5.74) is 2.03. The highest BCUT2D eigenvalue weighted by Gasteiger charge is 2.18. The van der Waals surface area contributed by atoms with Crippen molar-refractivity contribution in [1.82, 2.24) is 5.32 Å². The first-order valence-electron chi connectivity index (χ1n) is 7.04. The van der Waals surface area contributed by atoms with Crippen molar-refractivity contribution in [2.24, 2.45) is 0 Å². The third-order valence-corrected chi connectivity index (χ3v) is 4.40. The summed E-state index contributed by atoms with van der Waals surface area (Å²) in [6.07, 6.45) is 1.80. The zero-order chi connectivity index (χ0) is 15.2. The normalized spacial score (nSPS) is 12.4. The third kappa shape index (κ3) is 4.37. The van der Waals surface area contributed by atoms with Crippen LogP contribution in [0.15, 0.2) is 42.5 Å². The summed E-state index contributed by atoms with van der Waals surface area (Å²) in [6.45, 7) is 3.03. The summed E-state index contributed by atoms with van der Waals surface area (Å²) in [5.74, 6) is 0. The minimum Gasteiger partial charge on any atom is -0.310 e. The van der Waals surface area contributed by atoms with Gasteiger partial charge in [0.25, 0.3) is 0 Å². The van der Waals surface area contributed by atoms with Crippen molar-refractivity contribution in [3.8, 4) is 0 Å². The Morgan fingerprint density at radius 2 is 1.52 bits per heavy atom. The van der Waals surface area contributed by atoms with Crippen molar-refractivity contribution < 1.29 is 0 Å². The van der Waals surface area contributed by atoms with Gasteiger partial charge in [0.05, 0.1) is 0 Å². The van der Waals surface area contributed by atoms with Gasteiger partial charge in [-0.15, -0.1) is 0 Å². The van der Waals surface area contributed by atoms with Crippen molar-refractivity contribution in [1.29, 1.82) is 0 Å². The van der Waals surface area contributed by atoms with Gasteiger partial charge in [-0.2, -0.15) is 0 Å². The van der Waals surface area contributed by atoms with Crippen molar-refractivity contribution in [2.45, 2.75) is 25.8 Å². The topological polar surface area (TPSA) is 12.0 Å². The van der Waals surface area contributed by atoms with Crippen LogP contribution in [0.4, 0.5) is 0 Å². The summed E-state index contributed by atoms with van der Waals surface area (Å²) in [5, 5.41) is 5.65. The summed E-state index contributed by atoms with van der Waals surface area (Å²) in [6, 6.07) is 13.5. The molecule has 0 aliphatic rings. The van der Waals surface area contributed by atoms with Gasteiger partial charge >= 0.3 is 0 Å². The Morgan fingerprint density at radius 1 is 0.905 bits per heavy atom. The van der Waals surface area contributed by atoms with E-state index in [9.17, 15) is 0 Å². The van der Waals surface area contributed by atoms with E-state index in [1.807, 2.05) is 42.5 Å². The molecule has 1 atom stereocenters. The molecule has 0 saturated carbocycles. The maximum atomic E-state index is 6.35. The Morgan fingerprint density at radius 3 is 2.14 bits per heavy atom. The monoisotopic (exact) mass is 341 g/mol. The second kappa shape index (κ2) is 8.05. The highest BCUT2D eigenvalue weighted by molar-refractivity contribution is 6.36. The van der Waals surface area contributed by atoms with Crippen LogP contribution in [-0.4, -0.2) is 6.54 Å². The molecule has 1 nitrogen and oxygen atoms in total. The smallest absolute Gasteiger partial charge is 0.0468 e. The van der Waals surface area contributed by atoms with Crippen molar-refractivity contribution in [3.05, 3.63) is 68.7 Å². The van der Waals surface area contributed by atoms with Crippen LogP contribution in [0.1, 0.15) is 30.5 Å². The maximum absolute atomic E-state index is 6.35. The summed E-state index contributed by atoms with van der Waals surface area (Å²) in [4.78, 5) is 0. The Labute approximate surface area is 141 Å². The number of nitrogens with one attached hydrogen (secondary N) is 1.